The van der Waals surface area contributed by atoms with Gasteiger partial charge in [0.2, 0.25) is 11.8 Å². The van der Waals surface area contributed by atoms with E-state index < -0.39 is 0 Å². The van der Waals surface area contributed by atoms with E-state index in [-0.39, 0.29) is 5.56 Å². The lowest BCUT2D eigenvalue weighted by Crippen LogP contribution is -2.22. The third kappa shape index (κ3) is 3.81. The second-order valence-corrected chi connectivity index (χ2v) is 10.4. The van der Waals surface area contributed by atoms with E-state index in [0.29, 0.717) is 39.3 Å². The zero-order valence-electron chi connectivity index (χ0n) is 17.4. The molecule has 9 heteroatoms. The molecule has 0 bridgehead atoms. The molecule has 0 fully saturated rings. The quantitative estimate of drug-likeness (QED) is 0.287. The molecule has 3 aromatic heterocycles. The summed E-state index contributed by atoms with van der Waals surface area (Å²) in [4.78, 5) is 20.8. The lowest BCUT2D eigenvalue weighted by Gasteiger charge is -2.18. The van der Waals surface area contributed by atoms with Crippen LogP contribution in [0.5, 0.6) is 0 Å². The third-order valence-electron chi connectivity index (χ3n) is 5.60. The van der Waals surface area contributed by atoms with Crippen LogP contribution in [0.25, 0.3) is 15.9 Å². The first kappa shape index (κ1) is 20.7. The normalized spacial score (nSPS) is 16.1. The van der Waals surface area contributed by atoms with E-state index in [4.69, 9.17) is 21.0 Å². The number of hydrogen-bond donors (Lipinski definition) is 0. The molecule has 0 saturated heterocycles. The molecule has 1 aromatic carbocycles. The largest absolute Gasteiger partial charge is 0.425 e. The SMILES string of the molecule is Cc1nnc(CSc2nc3sc4c(c3c(=O)n2-c2ccc(C)c(Cl)c2)CCC(C)C4)o1. The summed E-state index contributed by atoms with van der Waals surface area (Å²) < 4.78 is 7.18. The van der Waals surface area contributed by atoms with E-state index in [1.54, 1.807) is 22.8 Å². The zero-order chi connectivity index (χ0) is 21.7. The number of fused-ring (bicyclic) bond motifs is 3. The molecule has 3 heterocycles. The van der Waals surface area contributed by atoms with Crippen molar-refractivity contribution < 1.29 is 4.42 Å². The molecule has 5 rings (SSSR count). The smallest absolute Gasteiger partial charge is 0.267 e. The van der Waals surface area contributed by atoms with Crippen LogP contribution >= 0.6 is 34.7 Å². The van der Waals surface area contributed by atoms with Crippen molar-refractivity contribution in [3.05, 3.63) is 61.4 Å². The Hall–Kier alpha value is -2.16. The fourth-order valence-electron chi connectivity index (χ4n) is 3.94. The van der Waals surface area contributed by atoms with E-state index in [0.717, 1.165) is 35.0 Å². The Morgan fingerprint density at radius 2 is 2.16 bits per heavy atom. The lowest BCUT2D eigenvalue weighted by atomic mass is 9.89. The van der Waals surface area contributed by atoms with Crippen molar-refractivity contribution in [2.75, 3.05) is 0 Å². The van der Waals surface area contributed by atoms with Crippen LogP contribution in [0, 0.1) is 19.8 Å². The van der Waals surface area contributed by atoms with Gasteiger partial charge in [0, 0.05) is 16.8 Å². The average molecular weight is 473 g/mol. The van der Waals surface area contributed by atoms with Crippen LogP contribution in [-0.2, 0) is 18.6 Å². The summed E-state index contributed by atoms with van der Waals surface area (Å²) in [6, 6.07) is 5.67. The van der Waals surface area contributed by atoms with Gasteiger partial charge in [-0.3, -0.25) is 9.36 Å². The van der Waals surface area contributed by atoms with Gasteiger partial charge in [0.25, 0.3) is 5.56 Å². The Labute approximate surface area is 192 Å². The first-order valence-corrected chi connectivity index (χ1v) is 12.3. The molecule has 1 aliphatic carbocycles. The van der Waals surface area contributed by atoms with E-state index >= 15 is 0 Å². The summed E-state index contributed by atoms with van der Waals surface area (Å²) in [6.45, 7) is 5.97. The molecule has 31 heavy (non-hydrogen) atoms. The number of thioether (sulfide) groups is 1. The molecule has 0 radical (unpaired) electrons. The van der Waals surface area contributed by atoms with Crippen molar-refractivity contribution >= 4 is 44.9 Å². The summed E-state index contributed by atoms with van der Waals surface area (Å²) in [5.41, 5.74) is 2.81. The summed E-state index contributed by atoms with van der Waals surface area (Å²) in [7, 11) is 0. The fourth-order valence-corrected chi connectivity index (χ4v) is 6.39. The standard InChI is InChI=1S/C22H21ClN4O2S2/c1-11-4-7-15-17(8-11)31-20-19(15)21(28)27(14-6-5-12(2)16(23)9-14)22(24-20)30-10-18-26-25-13(3)29-18/h5-6,9,11H,4,7-8,10H2,1-3H3. The number of benzene rings is 1. The highest BCUT2D eigenvalue weighted by atomic mass is 35.5. The Morgan fingerprint density at radius 3 is 2.90 bits per heavy atom. The summed E-state index contributed by atoms with van der Waals surface area (Å²) in [5.74, 6) is 2.08. The minimum absolute atomic E-state index is 0.0406. The summed E-state index contributed by atoms with van der Waals surface area (Å²) in [5, 5.41) is 9.92. The highest BCUT2D eigenvalue weighted by Crippen LogP contribution is 2.37. The monoisotopic (exact) mass is 472 g/mol. The first-order valence-electron chi connectivity index (χ1n) is 10.2. The fraction of sp³-hybridized carbons (Fsp3) is 0.364. The number of rotatable bonds is 4. The van der Waals surface area contributed by atoms with Gasteiger partial charge in [-0.25, -0.2) is 4.98 Å². The summed E-state index contributed by atoms with van der Waals surface area (Å²) >= 11 is 9.46. The second-order valence-electron chi connectivity index (χ2n) is 8.00. The molecule has 0 saturated carbocycles. The minimum Gasteiger partial charge on any atom is -0.425 e. The molecule has 6 nitrogen and oxygen atoms in total. The third-order valence-corrected chi connectivity index (χ3v) is 8.08. The van der Waals surface area contributed by atoms with Gasteiger partial charge in [-0.05, 0) is 55.4 Å². The molecular formula is C22H21ClN4O2S2. The van der Waals surface area contributed by atoms with Crippen molar-refractivity contribution in [1.29, 1.82) is 0 Å². The molecule has 0 aliphatic heterocycles. The van der Waals surface area contributed by atoms with Crippen LogP contribution in [0.15, 0.2) is 32.6 Å². The van der Waals surface area contributed by atoms with Crippen LogP contribution in [-0.4, -0.2) is 19.7 Å². The lowest BCUT2D eigenvalue weighted by molar-refractivity contribution is 0.485. The Balaban J connectivity index is 1.69. The van der Waals surface area contributed by atoms with Crippen LogP contribution in [0.2, 0.25) is 5.02 Å². The van der Waals surface area contributed by atoms with Crippen LogP contribution in [0.1, 0.15) is 41.1 Å². The molecule has 0 N–H and O–H groups in total. The van der Waals surface area contributed by atoms with E-state index in [1.165, 1.54) is 22.2 Å². The molecule has 4 aromatic rings. The number of halogens is 1. The number of aromatic nitrogens is 4. The van der Waals surface area contributed by atoms with Gasteiger partial charge >= 0.3 is 0 Å². The Kier molecular flexibility index (Phi) is 5.40. The highest BCUT2D eigenvalue weighted by Gasteiger charge is 2.25. The molecule has 1 unspecified atom stereocenters. The van der Waals surface area contributed by atoms with Gasteiger partial charge in [0.1, 0.15) is 4.83 Å². The molecule has 1 atom stereocenters. The van der Waals surface area contributed by atoms with E-state index in [2.05, 4.69) is 17.1 Å². The average Bonchev–Trinajstić information content (AvgIpc) is 3.31. The maximum absolute atomic E-state index is 13.8. The van der Waals surface area contributed by atoms with Crippen molar-refractivity contribution in [1.82, 2.24) is 19.7 Å². The van der Waals surface area contributed by atoms with E-state index in [9.17, 15) is 4.79 Å². The molecule has 1 aliphatic rings. The van der Waals surface area contributed by atoms with Crippen LogP contribution in [0.4, 0.5) is 0 Å². The van der Waals surface area contributed by atoms with E-state index in [1.807, 2.05) is 25.1 Å². The number of aryl methyl sites for hydroxylation is 3. The van der Waals surface area contributed by atoms with Crippen molar-refractivity contribution in [3.8, 4) is 5.69 Å². The predicted molar refractivity (Wildman–Crippen MR) is 125 cm³/mol. The highest BCUT2D eigenvalue weighted by molar-refractivity contribution is 7.98. The van der Waals surface area contributed by atoms with Gasteiger partial charge in [0.15, 0.2) is 5.16 Å². The minimum atomic E-state index is -0.0406. The second kappa shape index (κ2) is 8.07. The van der Waals surface area contributed by atoms with Crippen molar-refractivity contribution in [2.24, 2.45) is 5.92 Å². The van der Waals surface area contributed by atoms with Gasteiger partial charge in [-0.2, -0.15) is 0 Å². The van der Waals surface area contributed by atoms with Gasteiger partial charge in [0.05, 0.1) is 16.8 Å². The summed E-state index contributed by atoms with van der Waals surface area (Å²) in [6.07, 6.45) is 3.04. The molecular weight excluding hydrogens is 452 g/mol. The van der Waals surface area contributed by atoms with Crippen LogP contribution < -0.4 is 5.56 Å². The van der Waals surface area contributed by atoms with Gasteiger partial charge in [-0.15, -0.1) is 21.5 Å². The predicted octanol–water partition coefficient (Wildman–Crippen LogP) is 5.52. The van der Waals surface area contributed by atoms with Gasteiger partial charge < -0.3 is 4.42 Å². The van der Waals surface area contributed by atoms with Crippen molar-refractivity contribution in [3.63, 3.8) is 0 Å². The zero-order valence-corrected chi connectivity index (χ0v) is 19.8. The number of hydrogen-bond acceptors (Lipinski definition) is 7. The Morgan fingerprint density at radius 1 is 1.32 bits per heavy atom. The maximum Gasteiger partial charge on any atom is 0.267 e. The first-order chi connectivity index (χ1) is 14.9. The molecule has 160 valence electrons. The molecule has 0 amide bonds. The van der Waals surface area contributed by atoms with Crippen molar-refractivity contribution in [2.45, 2.75) is 50.9 Å². The maximum atomic E-state index is 13.8. The Bertz CT molecular complexity index is 1360. The molecule has 0 spiro atoms. The number of nitrogens with zero attached hydrogens (tertiary/aromatic N) is 4. The topological polar surface area (TPSA) is 73.8 Å². The number of thiophene rings is 1. The van der Waals surface area contributed by atoms with Crippen LogP contribution in [0.3, 0.4) is 0 Å². The van der Waals surface area contributed by atoms with Gasteiger partial charge in [-0.1, -0.05) is 36.4 Å².